The van der Waals surface area contributed by atoms with E-state index in [0.29, 0.717) is 0 Å². The normalized spacial score (nSPS) is 15.8. The van der Waals surface area contributed by atoms with E-state index in [0.717, 1.165) is 39.5 Å². The third kappa shape index (κ3) is 2.90. The molecular formula is C21H28N4. The molecule has 0 amide bonds. The first-order valence-corrected chi connectivity index (χ1v) is 9.49. The van der Waals surface area contributed by atoms with Crippen molar-refractivity contribution >= 4 is 22.7 Å². The van der Waals surface area contributed by atoms with Crippen molar-refractivity contribution < 1.29 is 0 Å². The van der Waals surface area contributed by atoms with Gasteiger partial charge in [0, 0.05) is 26.2 Å². The molecule has 0 fully saturated rings. The fourth-order valence-electron chi connectivity index (χ4n) is 4.09. The van der Waals surface area contributed by atoms with Crippen LogP contribution in [0, 0.1) is 0 Å². The largest absolute Gasteiger partial charge is 0.352 e. The topological polar surface area (TPSA) is 13.0 Å². The molecule has 0 spiro atoms. The van der Waals surface area contributed by atoms with Crippen molar-refractivity contribution in [3.05, 3.63) is 48.5 Å². The van der Waals surface area contributed by atoms with E-state index >= 15 is 0 Å². The Morgan fingerprint density at radius 3 is 1.32 bits per heavy atom. The molecule has 0 radical (unpaired) electrons. The summed E-state index contributed by atoms with van der Waals surface area (Å²) >= 11 is 0. The van der Waals surface area contributed by atoms with Gasteiger partial charge in [-0.15, -0.1) is 0 Å². The minimum absolute atomic E-state index is 1.02. The SMILES string of the molecule is CCN1CN(CCCN2CN(CC)c3ccccc32)c2ccccc21. The van der Waals surface area contributed by atoms with E-state index in [1.807, 2.05) is 0 Å². The lowest BCUT2D eigenvalue weighted by Gasteiger charge is -2.24. The first-order valence-electron chi connectivity index (χ1n) is 9.49. The van der Waals surface area contributed by atoms with E-state index in [-0.39, 0.29) is 0 Å². The summed E-state index contributed by atoms with van der Waals surface area (Å²) < 4.78 is 0. The van der Waals surface area contributed by atoms with Gasteiger partial charge < -0.3 is 19.6 Å². The lowest BCUT2D eigenvalue weighted by atomic mass is 10.2. The summed E-state index contributed by atoms with van der Waals surface area (Å²) in [6.45, 7) is 10.9. The lowest BCUT2D eigenvalue weighted by Crippen LogP contribution is -2.35. The van der Waals surface area contributed by atoms with Crippen molar-refractivity contribution in [2.24, 2.45) is 0 Å². The minimum Gasteiger partial charge on any atom is -0.352 e. The molecule has 2 heterocycles. The Hall–Kier alpha value is -2.36. The van der Waals surface area contributed by atoms with Gasteiger partial charge >= 0.3 is 0 Å². The van der Waals surface area contributed by atoms with Crippen LogP contribution in [0.15, 0.2) is 48.5 Å². The van der Waals surface area contributed by atoms with Gasteiger partial charge in [0.1, 0.15) is 0 Å². The molecule has 132 valence electrons. The Balaban J connectivity index is 1.39. The van der Waals surface area contributed by atoms with Crippen molar-refractivity contribution in [1.82, 2.24) is 0 Å². The van der Waals surface area contributed by atoms with Crippen LogP contribution < -0.4 is 19.6 Å². The van der Waals surface area contributed by atoms with Crippen LogP contribution >= 0.6 is 0 Å². The highest BCUT2D eigenvalue weighted by Gasteiger charge is 2.26. The monoisotopic (exact) mass is 336 g/mol. The average Bonchev–Trinajstić information content (AvgIpc) is 3.20. The molecule has 0 atom stereocenters. The van der Waals surface area contributed by atoms with Gasteiger partial charge in [0.05, 0.1) is 36.1 Å². The number of rotatable bonds is 6. The maximum atomic E-state index is 2.53. The summed E-state index contributed by atoms with van der Waals surface area (Å²) in [5, 5.41) is 0. The fourth-order valence-corrected chi connectivity index (χ4v) is 4.09. The van der Waals surface area contributed by atoms with E-state index in [4.69, 9.17) is 0 Å². The molecule has 2 aromatic carbocycles. The highest BCUT2D eigenvalue weighted by atomic mass is 15.4. The van der Waals surface area contributed by atoms with E-state index in [1.165, 1.54) is 29.2 Å². The summed E-state index contributed by atoms with van der Waals surface area (Å²) in [6.07, 6.45) is 1.18. The zero-order chi connectivity index (χ0) is 17.2. The number of nitrogens with zero attached hydrogens (tertiary/aromatic N) is 4. The van der Waals surface area contributed by atoms with Crippen LogP contribution in [0.3, 0.4) is 0 Å². The van der Waals surface area contributed by atoms with Crippen LogP contribution in [0.1, 0.15) is 20.3 Å². The molecule has 0 unspecified atom stereocenters. The van der Waals surface area contributed by atoms with Crippen molar-refractivity contribution in [2.75, 3.05) is 59.1 Å². The third-order valence-corrected chi connectivity index (χ3v) is 5.43. The molecule has 2 aromatic rings. The van der Waals surface area contributed by atoms with Gasteiger partial charge in [0.2, 0.25) is 0 Å². The molecule has 0 saturated carbocycles. The van der Waals surface area contributed by atoms with Crippen LogP contribution in [-0.2, 0) is 0 Å². The van der Waals surface area contributed by atoms with Gasteiger partial charge in [0.25, 0.3) is 0 Å². The van der Waals surface area contributed by atoms with Crippen LogP contribution in [0.2, 0.25) is 0 Å². The second-order valence-corrected chi connectivity index (χ2v) is 6.85. The molecule has 0 N–H and O–H groups in total. The number of anilines is 4. The molecule has 0 aromatic heterocycles. The highest BCUT2D eigenvalue weighted by molar-refractivity contribution is 5.77. The van der Waals surface area contributed by atoms with Gasteiger partial charge in [-0.05, 0) is 44.5 Å². The third-order valence-electron chi connectivity index (χ3n) is 5.43. The predicted octanol–water partition coefficient (Wildman–Crippen LogP) is 3.98. The zero-order valence-corrected chi connectivity index (χ0v) is 15.4. The van der Waals surface area contributed by atoms with Crippen LogP contribution in [0.5, 0.6) is 0 Å². The summed E-state index contributed by atoms with van der Waals surface area (Å²) in [5.74, 6) is 0. The molecule has 2 aliphatic heterocycles. The quantitative estimate of drug-likeness (QED) is 0.791. The second-order valence-electron chi connectivity index (χ2n) is 6.85. The first kappa shape index (κ1) is 16.1. The van der Waals surface area contributed by atoms with Crippen molar-refractivity contribution in [2.45, 2.75) is 20.3 Å². The van der Waals surface area contributed by atoms with E-state index in [1.54, 1.807) is 0 Å². The smallest absolute Gasteiger partial charge is 0.0904 e. The van der Waals surface area contributed by atoms with E-state index in [2.05, 4.69) is 82.0 Å². The van der Waals surface area contributed by atoms with E-state index in [9.17, 15) is 0 Å². The highest BCUT2D eigenvalue weighted by Crippen LogP contribution is 2.37. The summed E-state index contributed by atoms with van der Waals surface area (Å²) in [6, 6.07) is 17.6. The molecule has 0 aliphatic carbocycles. The minimum atomic E-state index is 1.02. The van der Waals surface area contributed by atoms with Gasteiger partial charge in [0.15, 0.2) is 0 Å². The van der Waals surface area contributed by atoms with Crippen molar-refractivity contribution in [3.63, 3.8) is 0 Å². The van der Waals surface area contributed by atoms with Crippen LogP contribution in [-0.4, -0.2) is 39.5 Å². The summed E-state index contributed by atoms with van der Waals surface area (Å²) in [7, 11) is 0. The molecule has 4 heteroatoms. The molecule has 4 rings (SSSR count). The molecule has 4 nitrogen and oxygen atoms in total. The average molecular weight is 336 g/mol. The second kappa shape index (κ2) is 6.87. The maximum Gasteiger partial charge on any atom is 0.0904 e. The van der Waals surface area contributed by atoms with Crippen LogP contribution in [0.25, 0.3) is 0 Å². The fraction of sp³-hybridized carbons (Fsp3) is 0.429. The molecule has 25 heavy (non-hydrogen) atoms. The van der Waals surface area contributed by atoms with Crippen molar-refractivity contribution in [1.29, 1.82) is 0 Å². The summed E-state index contributed by atoms with van der Waals surface area (Å²) in [4.78, 5) is 9.97. The number of hydrogen-bond donors (Lipinski definition) is 0. The lowest BCUT2D eigenvalue weighted by molar-refractivity contribution is 0.694. The van der Waals surface area contributed by atoms with E-state index < -0.39 is 0 Å². The van der Waals surface area contributed by atoms with Gasteiger partial charge in [-0.1, -0.05) is 24.3 Å². The predicted molar refractivity (Wildman–Crippen MR) is 108 cm³/mol. The van der Waals surface area contributed by atoms with Crippen LogP contribution in [0.4, 0.5) is 22.7 Å². The molecule has 0 bridgehead atoms. The molecular weight excluding hydrogens is 308 g/mol. The Labute approximate surface area is 151 Å². The number of para-hydroxylation sites is 4. The standard InChI is InChI=1S/C21H28N4/c1-3-22-16-24(20-12-7-5-10-18(20)22)14-9-15-25-17-23(4-2)19-11-6-8-13-21(19)25/h5-8,10-13H,3-4,9,14-17H2,1-2H3. The Morgan fingerprint density at radius 1 is 0.600 bits per heavy atom. The number of hydrogen-bond acceptors (Lipinski definition) is 4. The maximum absolute atomic E-state index is 2.53. The molecule has 0 saturated heterocycles. The Bertz CT molecular complexity index is 668. The zero-order valence-electron chi connectivity index (χ0n) is 15.4. The van der Waals surface area contributed by atoms with Gasteiger partial charge in [-0.2, -0.15) is 0 Å². The van der Waals surface area contributed by atoms with Gasteiger partial charge in [-0.3, -0.25) is 0 Å². The Kier molecular flexibility index (Phi) is 4.43. The Morgan fingerprint density at radius 2 is 0.960 bits per heavy atom. The number of fused-ring (bicyclic) bond motifs is 2. The molecule has 2 aliphatic rings. The number of benzene rings is 2. The van der Waals surface area contributed by atoms with Crippen molar-refractivity contribution in [3.8, 4) is 0 Å². The summed E-state index contributed by atoms with van der Waals surface area (Å²) in [5.41, 5.74) is 5.55. The van der Waals surface area contributed by atoms with Gasteiger partial charge in [-0.25, -0.2) is 0 Å². The first-order chi connectivity index (χ1) is 12.3.